The van der Waals surface area contributed by atoms with Crippen molar-refractivity contribution in [3.05, 3.63) is 12.2 Å². The highest BCUT2D eigenvalue weighted by molar-refractivity contribution is 4.93. The highest BCUT2D eigenvalue weighted by Gasteiger charge is 2.08. The van der Waals surface area contributed by atoms with Gasteiger partial charge in [0.2, 0.25) is 0 Å². The first-order valence-electron chi connectivity index (χ1n) is 3.93. The Morgan fingerprint density at radius 2 is 2.18 bits per heavy atom. The molecule has 4 N–H and O–H groups in total. The van der Waals surface area contributed by atoms with E-state index in [2.05, 4.69) is 6.92 Å². The van der Waals surface area contributed by atoms with E-state index in [0.29, 0.717) is 0 Å². The summed E-state index contributed by atoms with van der Waals surface area (Å²) in [5, 5.41) is 17.7. The van der Waals surface area contributed by atoms with Gasteiger partial charge < -0.3 is 15.9 Å². The molecular weight excluding hydrogens is 142 g/mol. The molecule has 3 heteroatoms. The first kappa shape index (κ1) is 10.6. The number of aliphatic hydroxyl groups is 2. The fourth-order valence-electron chi connectivity index (χ4n) is 0.653. The summed E-state index contributed by atoms with van der Waals surface area (Å²) in [5.41, 5.74) is 5.35. The average molecular weight is 159 g/mol. The molecule has 0 unspecified atom stereocenters. The lowest BCUT2D eigenvalue weighted by molar-refractivity contribution is 0.144. The van der Waals surface area contributed by atoms with Crippen molar-refractivity contribution in [3.63, 3.8) is 0 Å². The van der Waals surface area contributed by atoms with Crippen molar-refractivity contribution in [2.45, 2.75) is 31.9 Å². The van der Waals surface area contributed by atoms with Crippen LogP contribution in [0.5, 0.6) is 0 Å². The lowest BCUT2D eigenvalue weighted by Crippen LogP contribution is -2.36. The van der Waals surface area contributed by atoms with Gasteiger partial charge in [0.15, 0.2) is 0 Å². The number of unbranched alkanes of at least 4 members (excludes halogenated alkanes) is 1. The second-order valence-electron chi connectivity index (χ2n) is 2.55. The van der Waals surface area contributed by atoms with Gasteiger partial charge in [-0.2, -0.15) is 0 Å². The van der Waals surface area contributed by atoms with Crippen molar-refractivity contribution in [1.82, 2.24) is 0 Å². The average Bonchev–Trinajstić information content (AvgIpc) is 2.03. The van der Waals surface area contributed by atoms with E-state index in [1.165, 1.54) is 0 Å². The molecule has 0 fully saturated rings. The van der Waals surface area contributed by atoms with Gasteiger partial charge in [0.1, 0.15) is 0 Å². The van der Waals surface area contributed by atoms with E-state index in [9.17, 15) is 5.11 Å². The number of allylic oxidation sites excluding steroid dienone is 1. The molecule has 0 aliphatic rings. The summed E-state index contributed by atoms with van der Waals surface area (Å²) in [6, 6.07) is -0.553. The molecule has 0 aliphatic carbocycles. The summed E-state index contributed by atoms with van der Waals surface area (Å²) in [6.07, 6.45) is 4.78. The normalized spacial score (nSPS) is 17.1. The van der Waals surface area contributed by atoms with E-state index >= 15 is 0 Å². The van der Waals surface area contributed by atoms with Crippen LogP contribution in [-0.2, 0) is 0 Å². The maximum absolute atomic E-state index is 9.17. The zero-order chi connectivity index (χ0) is 8.69. The van der Waals surface area contributed by atoms with Gasteiger partial charge in [0.05, 0.1) is 18.8 Å². The number of aliphatic hydroxyl groups excluding tert-OH is 2. The smallest absolute Gasteiger partial charge is 0.0894 e. The number of hydrogen-bond acceptors (Lipinski definition) is 3. The second kappa shape index (κ2) is 6.34. The molecule has 0 rings (SSSR count). The first-order chi connectivity index (χ1) is 5.22. The van der Waals surface area contributed by atoms with Crippen LogP contribution in [0, 0.1) is 0 Å². The predicted molar refractivity (Wildman–Crippen MR) is 45.1 cm³/mol. The zero-order valence-corrected chi connectivity index (χ0v) is 6.90. The molecule has 0 saturated carbocycles. The lowest BCUT2D eigenvalue weighted by atomic mass is 10.1. The van der Waals surface area contributed by atoms with Crippen LogP contribution in [0.2, 0.25) is 0 Å². The Hall–Kier alpha value is -0.380. The molecule has 66 valence electrons. The fraction of sp³-hybridized carbons (Fsp3) is 0.750. The largest absolute Gasteiger partial charge is 0.395 e. The Labute approximate surface area is 67.5 Å². The van der Waals surface area contributed by atoms with Gasteiger partial charge in [-0.15, -0.1) is 0 Å². The van der Waals surface area contributed by atoms with E-state index in [-0.39, 0.29) is 6.61 Å². The molecule has 0 aromatic heterocycles. The minimum Gasteiger partial charge on any atom is -0.395 e. The van der Waals surface area contributed by atoms with E-state index in [0.717, 1.165) is 12.8 Å². The van der Waals surface area contributed by atoms with Gasteiger partial charge in [-0.05, 0) is 6.42 Å². The van der Waals surface area contributed by atoms with Gasteiger partial charge in [-0.1, -0.05) is 25.5 Å². The highest BCUT2D eigenvalue weighted by Crippen LogP contribution is 1.95. The summed E-state index contributed by atoms with van der Waals surface area (Å²) in [5.74, 6) is 0. The molecule has 0 saturated heterocycles. The zero-order valence-electron chi connectivity index (χ0n) is 6.90. The Morgan fingerprint density at radius 1 is 1.55 bits per heavy atom. The van der Waals surface area contributed by atoms with Crippen molar-refractivity contribution in [2.75, 3.05) is 6.61 Å². The van der Waals surface area contributed by atoms with E-state index in [1.807, 2.05) is 6.08 Å². The molecule has 0 heterocycles. The molecule has 2 atom stereocenters. The van der Waals surface area contributed by atoms with Crippen LogP contribution in [0.25, 0.3) is 0 Å². The third-order valence-electron chi connectivity index (χ3n) is 1.44. The third-order valence-corrected chi connectivity index (χ3v) is 1.44. The van der Waals surface area contributed by atoms with E-state index in [4.69, 9.17) is 10.8 Å². The van der Waals surface area contributed by atoms with Gasteiger partial charge >= 0.3 is 0 Å². The maximum atomic E-state index is 9.17. The van der Waals surface area contributed by atoms with Crippen molar-refractivity contribution in [1.29, 1.82) is 0 Å². The van der Waals surface area contributed by atoms with Crippen LogP contribution in [0.1, 0.15) is 19.8 Å². The highest BCUT2D eigenvalue weighted by atomic mass is 16.3. The van der Waals surface area contributed by atoms with Crippen LogP contribution in [-0.4, -0.2) is 29.0 Å². The number of nitrogens with two attached hydrogens (primary N) is 1. The Bertz CT molecular complexity index is 115. The van der Waals surface area contributed by atoms with Gasteiger partial charge in [0, 0.05) is 0 Å². The van der Waals surface area contributed by atoms with Crippen molar-refractivity contribution in [3.8, 4) is 0 Å². The molecule has 11 heavy (non-hydrogen) atoms. The van der Waals surface area contributed by atoms with E-state index < -0.39 is 12.1 Å². The van der Waals surface area contributed by atoms with Crippen LogP contribution in [0.3, 0.4) is 0 Å². The SMILES string of the molecule is CCCC=C[C@@H](O)[C@@H](N)CO. The topological polar surface area (TPSA) is 66.5 Å². The molecular formula is C8H17NO2. The summed E-state index contributed by atoms with van der Waals surface area (Å²) in [6.45, 7) is 1.88. The van der Waals surface area contributed by atoms with Crippen LogP contribution in [0.15, 0.2) is 12.2 Å². The van der Waals surface area contributed by atoms with Crippen LogP contribution in [0.4, 0.5) is 0 Å². The quantitative estimate of drug-likeness (QED) is 0.495. The number of hydrogen-bond donors (Lipinski definition) is 3. The summed E-state index contributed by atoms with van der Waals surface area (Å²) >= 11 is 0. The van der Waals surface area contributed by atoms with Crippen LogP contribution < -0.4 is 5.73 Å². The molecule has 3 nitrogen and oxygen atoms in total. The first-order valence-corrected chi connectivity index (χ1v) is 3.93. The van der Waals surface area contributed by atoms with Crippen molar-refractivity contribution >= 4 is 0 Å². The Balaban J connectivity index is 3.57. The molecule has 0 radical (unpaired) electrons. The minimum atomic E-state index is -0.716. The van der Waals surface area contributed by atoms with Gasteiger partial charge in [0.25, 0.3) is 0 Å². The Kier molecular flexibility index (Phi) is 6.12. The predicted octanol–water partition coefficient (Wildman–Crippen LogP) is 0.0232. The molecule has 0 spiro atoms. The van der Waals surface area contributed by atoms with Crippen molar-refractivity contribution in [2.24, 2.45) is 5.73 Å². The summed E-state index contributed by atoms with van der Waals surface area (Å²) in [7, 11) is 0. The van der Waals surface area contributed by atoms with Gasteiger partial charge in [-0.3, -0.25) is 0 Å². The minimum absolute atomic E-state index is 0.183. The summed E-state index contributed by atoms with van der Waals surface area (Å²) < 4.78 is 0. The molecule has 0 bridgehead atoms. The molecule has 0 aromatic carbocycles. The lowest BCUT2D eigenvalue weighted by Gasteiger charge is -2.11. The van der Waals surface area contributed by atoms with E-state index in [1.54, 1.807) is 6.08 Å². The molecule has 0 aromatic rings. The Morgan fingerprint density at radius 3 is 2.64 bits per heavy atom. The second-order valence-corrected chi connectivity index (χ2v) is 2.55. The van der Waals surface area contributed by atoms with Crippen LogP contribution >= 0.6 is 0 Å². The monoisotopic (exact) mass is 159 g/mol. The number of rotatable bonds is 5. The third kappa shape index (κ3) is 4.95. The standard InChI is InChI=1S/C8H17NO2/c1-2-3-4-5-8(11)7(9)6-10/h4-5,7-8,10-11H,2-3,6,9H2,1H3/t7-,8+/m0/s1. The maximum Gasteiger partial charge on any atom is 0.0894 e. The molecule has 0 aliphatic heterocycles. The van der Waals surface area contributed by atoms with Gasteiger partial charge in [-0.25, -0.2) is 0 Å². The summed E-state index contributed by atoms with van der Waals surface area (Å²) in [4.78, 5) is 0. The van der Waals surface area contributed by atoms with Crippen molar-refractivity contribution < 1.29 is 10.2 Å². The molecule has 0 amide bonds. The fourth-order valence-corrected chi connectivity index (χ4v) is 0.653.